The Kier molecular flexibility index (Phi) is 8.02. The van der Waals surface area contributed by atoms with E-state index in [1.807, 2.05) is 12.1 Å². The molecule has 0 spiro atoms. The van der Waals surface area contributed by atoms with Crippen LogP contribution in [0, 0.1) is 0 Å². The Balaban J connectivity index is 1.82. The Bertz CT molecular complexity index is 523. The van der Waals surface area contributed by atoms with Crippen molar-refractivity contribution in [2.75, 3.05) is 19.7 Å². The second kappa shape index (κ2) is 10.3. The zero-order valence-electron chi connectivity index (χ0n) is 14.6. The highest BCUT2D eigenvalue weighted by molar-refractivity contribution is 7.80. The lowest BCUT2D eigenvalue weighted by Gasteiger charge is -2.23. The lowest BCUT2D eigenvalue weighted by molar-refractivity contribution is 0.0973. The molecule has 0 radical (unpaired) electrons. The summed E-state index contributed by atoms with van der Waals surface area (Å²) in [5.74, 6) is 0.652. The lowest BCUT2D eigenvalue weighted by Crippen LogP contribution is -2.43. The third-order valence-electron chi connectivity index (χ3n) is 4.25. The smallest absolute Gasteiger partial charge is 0.257 e. The fourth-order valence-corrected chi connectivity index (χ4v) is 3.04. The average molecular weight is 349 g/mol. The maximum atomic E-state index is 12.3. The van der Waals surface area contributed by atoms with Crippen molar-refractivity contribution in [1.82, 2.24) is 10.2 Å². The van der Waals surface area contributed by atoms with Gasteiger partial charge in [0, 0.05) is 18.7 Å². The lowest BCUT2D eigenvalue weighted by atomic mass is 10.2. The van der Waals surface area contributed by atoms with Crippen molar-refractivity contribution >= 4 is 23.2 Å². The fraction of sp³-hybridized carbons (Fsp3) is 0.579. The van der Waals surface area contributed by atoms with Gasteiger partial charge in [0.15, 0.2) is 5.11 Å². The minimum atomic E-state index is -0.151. The molecule has 0 bridgehead atoms. The van der Waals surface area contributed by atoms with E-state index in [0.29, 0.717) is 10.7 Å². The summed E-state index contributed by atoms with van der Waals surface area (Å²) in [6.45, 7) is 4.76. The van der Waals surface area contributed by atoms with Gasteiger partial charge in [-0.15, -0.1) is 0 Å². The van der Waals surface area contributed by atoms with E-state index in [-0.39, 0.29) is 5.91 Å². The maximum absolute atomic E-state index is 12.3. The normalized spacial score (nSPS) is 14.8. The Morgan fingerprint density at radius 2 is 1.79 bits per heavy atom. The van der Waals surface area contributed by atoms with Crippen LogP contribution in [0.5, 0.6) is 5.75 Å². The SMILES string of the molecule is CCCCCOc1ccc(C(=O)NC(=S)N2CCCCCC2)cc1. The zero-order valence-corrected chi connectivity index (χ0v) is 15.4. The monoisotopic (exact) mass is 348 g/mol. The Morgan fingerprint density at radius 3 is 2.42 bits per heavy atom. The molecule has 5 heteroatoms. The molecule has 1 aliphatic rings. The van der Waals surface area contributed by atoms with E-state index in [0.717, 1.165) is 44.7 Å². The number of rotatable bonds is 6. The first-order valence-corrected chi connectivity index (χ1v) is 9.44. The van der Waals surface area contributed by atoms with Crippen molar-refractivity contribution in [2.24, 2.45) is 0 Å². The van der Waals surface area contributed by atoms with E-state index in [4.69, 9.17) is 17.0 Å². The second-order valence-corrected chi connectivity index (χ2v) is 6.63. The van der Waals surface area contributed by atoms with Gasteiger partial charge in [-0.25, -0.2) is 0 Å². The van der Waals surface area contributed by atoms with Gasteiger partial charge in [0.25, 0.3) is 5.91 Å². The van der Waals surface area contributed by atoms with Crippen LogP contribution in [0.15, 0.2) is 24.3 Å². The number of thiocarbonyl (C=S) groups is 1. The molecule has 1 aliphatic heterocycles. The third kappa shape index (κ3) is 6.11. The number of nitrogens with zero attached hydrogens (tertiary/aromatic N) is 1. The van der Waals surface area contributed by atoms with E-state index in [1.165, 1.54) is 25.7 Å². The second-order valence-electron chi connectivity index (χ2n) is 6.24. The van der Waals surface area contributed by atoms with Gasteiger partial charge in [0.2, 0.25) is 0 Å². The van der Waals surface area contributed by atoms with Gasteiger partial charge in [-0.05, 0) is 55.7 Å². The number of nitrogens with one attached hydrogen (secondary N) is 1. The molecule has 1 fully saturated rings. The minimum absolute atomic E-state index is 0.151. The van der Waals surface area contributed by atoms with Gasteiger partial charge >= 0.3 is 0 Å². The number of unbranched alkanes of at least 4 members (excludes halogenated alkanes) is 2. The van der Waals surface area contributed by atoms with Crippen molar-refractivity contribution in [3.63, 3.8) is 0 Å². The van der Waals surface area contributed by atoms with Crippen LogP contribution in [-0.2, 0) is 0 Å². The number of hydrogen-bond donors (Lipinski definition) is 1. The standard InChI is InChI=1S/C19H28N2O2S/c1-2-3-8-15-23-17-11-9-16(10-12-17)18(22)20-19(24)21-13-6-4-5-7-14-21/h9-12H,2-8,13-15H2,1H3,(H,20,22,24). The van der Waals surface area contributed by atoms with Gasteiger partial charge in [0.1, 0.15) is 5.75 Å². The number of carbonyl (C=O) groups excluding carboxylic acids is 1. The number of ether oxygens (including phenoxy) is 1. The van der Waals surface area contributed by atoms with Crippen molar-refractivity contribution in [3.8, 4) is 5.75 Å². The highest BCUT2D eigenvalue weighted by atomic mass is 32.1. The summed E-state index contributed by atoms with van der Waals surface area (Å²) in [5, 5.41) is 3.39. The Hall–Kier alpha value is -1.62. The van der Waals surface area contributed by atoms with Crippen LogP contribution in [0.2, 0.25) is 0 Å². The number of likely N-dealkylation sites (tertiary alicyclic amines) is 1. The Labute approximate surface area is 150 Å². The molecule has 2 rings (SSSR count). The molecule has 0 atom stereocenters. The fourth-order valence-electron chi connectivity index (χ4n) is 2.77. The molecule has 1 aromatic rings. The molecule has 0 aromatic heterocycles. The predicted octanol–water partition coefficient (Wildman–Crippen LogP) is 4.15. The summed E-state index contributed by atoms with van der Waals surface area (Å²) in [7, 11) is 0. The quantitative estimate of drug-likeness (QED) is 0.619. The minimum Gasteiger partial charge on any atom is -0.494 e. The van der Waals surface area contributed by atoms with Crippen molar-refractivity contribution in [3.05, 3.63) is 29.8 Å². The third-order valence-corrected chi connectivity index (χ3v) is 4.61. The molecule has 132 valence electrons. The van der Waals surface area contributed by atoms with Crippen molar-refractivity contribution < 1.29 is 9.53 Å². The molecule has 0 unspecified atom stereocenters. The number of carbonyl (C=O) groups is 1. The molecule has 1 N–H and O–H groups in total. The first kappa shape index (κ1) is 18.7. The van der Waals surface area contributed by atoms with Crippen LogP contribution in [-0.4, -0.2) is 35.6 Å². The van der Waals surface area contributed by atoms with Crippen molar-refractivity contribution in [2.45, 2.75) is 51.9 Å². The summed E-state index contributed by atoms with van der Waals surface area (Å²) >= 11 is 5.39. The molecule has 1 saturated heterocycles. The van der Waals surface area contributed by atoms with Gasteiger partial charge in [-0.1, -0.05) is 32.6 Å². The van der Waals surface area contributed by atoms with Gasteiger partial charge in [0.05, 0.1) is 6.61 Å². The molecule has 1 amide bonds. The van der Waals surface area contributed by atoms with Crippen LogP contribution in [0.1, 0.15) is 62.2 Å². The van der Waals surface area contributed by atoms with E-state index in [2.05, 4.69) is 17.1 Å². The highest BCUT2D eigenvalue weighted by Gasteiger charge is 2.15. The van der Waals surface area contributed by atoms with E-state index in [9.17, 15) is 4.79 Å². The van der Waals surface area contributed by atoms with Crippen LogP contribution in [0.3, 0.4) is 0 Å². The van der Waals surface area contributed by atoms with Gasteiger partial charge in [-0.2, -0.15) is 0 Å². The zero-order chi connectivity index (χ0) is 17.2. The number of hydrogen-bond acceptors (Lipinski definition) is 3. The molecular weight excluding hydrogens is 320 g/mol. The topological polar surface area (TPSA) is 41.6 Å². The summed E-state index contributed by atoms with van der Waals surface area (Å²) in [6, 6.07) is 7.26. The average Bonchev–Trinajstić information content (AvgIpc) is 2.88. The van der Waals surface area contributed by atoms with E-state index < -0.39 is 0 Å². The number of amides is 1. The number of benzene rings is 1. The molecule has 0 aliphatic carbocycles. The first-order chi connectivity index (χ1) is 11.7. The largest absolute Gasteiger partial charge is 0.494 e. The van der Waals surface area contributed by atoms with Gasteiger partial charge in [-0.3, -0.25) is 10.1 Å². The molecule has 0 saturated carbocycles. The maximum Gasteiger partial charge on any atom is 0.257 e. The first-order valence-electron chi connectivity index (χ1n) is 9.04. The van der Waals surface area contributed by atoms with E-state index >= 15 is 0 Å². The van der Waals surface area contributed by atoms with Crippen LogP contribution in [0.4, 0.5) is 0 Å². The van der Waals surface area contributed by atoms with Crippen LogP contribution in [0.25, 0.3) is 0 Å². The molecular formula is C19H28N2O2S. The van der Waals surface area contributed by atoms with E-state index in [1.54, 1.807) is 12.1 Å². The summed E-state index contributed by atoms with van der Waals surface area (Å²) < 4.78 is 5.67. The molecule has 4 nitrogen and oxygen atoms in total. The summed E-state index contributed by atoms with van der Waals surface area (Å²) in [5.41, 5.74) is 0.605. The van der Waals surface area contributed by atoms with Crippen LogP contribution < -0.4 is 10.1 Å². The van der Waals surface area contributed by atoms with Gasteiger partial charge < -0.3 is 9.64 Å². The van der Waals surface area contributed by atoms with Crippen LogP contribution >= 0.6 is 12.2 Å². The van der Waals surface area contributed by atoms with Crippen molar-refractivity contribution in [1.29, 1.82) is 0 Å². The molecule has 1 heterocycles. The molecule has 1 aromatic carbocycles. The highest BCUT2D eigenvalue weighted by Crippen LogP contribution is 2.14. The predicted molar refractivity (Wildman–Crippen MR) is 102 cm³/mol. The summed E-state index contributed by atoms with van der Waals surface area (Å²) in [6.07, 6.45) is 8.18. The summed E-state index contributed by atoms with van der Waals surface area (Å²) in [4.78, 5) is 14.4. The Morgan fingerprint density at radius 1 is 1.12 bits per heavy atom. The molecule has 24 heavy (non-hydrogen) atoms.